The molecule has 8 heteroatoms. The van der Waals surface area contributed by atoms with Crippen molar-refractivity contribution < 1.29 is 18.3 Å². The van der Waals surface area contributed by atoms with Crippen LogP contribution in [0.2, 0.25) is 0 Å². The summed E-state index contributed by atoms with van der Waals surface area (Å²) >= 11 is 0. The Morgan fingerprint density at radius 1 is 1.25 bits per heavy atom. The standard InChI is InChI=1S/C24H22F2N4O2/c1-27-20-9-18(26)19(8-15-12-3-5-13(6-4-12)21(15)24(31)32-2)30-22(20)17-11-29-23-16(17)7-14(25)10-28-23/h7,9-13,15,21H,3-6,8H2,2H3,(H,28,29)/t12?,13?,15?,21-/m1/s1. The van der Waals surface area contributed by atoms with E-state index < -0.39 is 11.6 Å². The summed E-state index contributed by atoms with van der Waals surface area (Å²) in [6.07, 6.45) is 7.03. The number of ether oxygens (including phenoxy) is 1. The van der Waals surface area contributed by atoms with Crippen molar-refractivity contribution in [1.82, 2.24) is 15.0 Å². The van der Waals surface area contributed by atoms with Crippen molar-refractivity contribution in [3.8, 4) is 11.3 Å². The average molecular weight is 436 g/mol. The molecule has 164 valence electrons. The predicted octanol–water partition coefficient (Wildman–Crippen LogP) is 5.22. The molecule has 0 aliphatic heterocycles. The second kappa shape index (κ2) is 7.97. The highest BCUT2D eigenvalue weighted by molar-refractivity contribution is 5.95. The number of pyridine rings is 2. The number of nitrogens with zero attached hydrogens (tertiary/aromatic N) is 3. The third kappa shape index (κ3) is 3.32. The molecule has 1 N–H and O–H groups in total. The van der Waals surface area contributed by atoms with Gasteiger partial charge in [-0.25, -0.2) is 18.6 Å². The number of halogens is 2. The molecule has 2 bridgehead atoms. The quantitative estimate of drug-likeness (QED) is 0.450. The van der Waals surface area contributed by atoms with E-state index in [0.717, 1.165) is 31.9 Å². The number of carbonyl (C=O) groups excluding carboxylic acids is 1. The highest BCUT2D eigenvalue weighted by atomic mass is 19.1. The van der Waals surface area contributed by atoms with E-state index in [9.17, 15) is 9.18 Å². The van der Waals surface area contributed by atoms with Crippen molar-refractivity contribution in [2.24, 2.45) is 23.7 Å². The van der Waals surface area contributed by atoms with Crippen LogP contribution in [0.4, 0.5) is 14.5 Å². The van der Waals surface area contributed by atoms with E-state index in [4.69, 9.17) is 11.3 Å². The first kappa shape index (κ1) is 20.6. The summed E-state index contributed by atoms with van der Waals surface area (Å²) in [5, 5.41) is 0.476. The van der Waals surface area contributed by atoms with Crippen molar-refractivity contribution in [2.45, 2.75) is 32.1 Å². The van der Waals surface area contributed by atoms with Gasteiger partial charge < -0.3 is 9.72 Å². The summed E-state index contributed by atoms with van der Waals surface area (Å²) in [6.45, 7) is 7.50. The van der Waals surface area contributed by atoms with E-state index in [2.05, 4.69) is 19.8 Å². The van der Waals surface area contributed by atoms with E-state index in [1.807, 2.05) is 0 Å². The van der Waals surface area contributed by atoms with Crippen LogP contribution in [0.15, 0.2) is 24.5 Å². The number of hydrogen-bond acceptors (Lipinski definition) is 4. The number of H-pyrrole nitrogens is 1. The molecular weight excluding hydrogens is 414 g/mol. The van der Waals surface area contributed by atoms with Crippen LogP contribution in [0.25, 0.3) is 27.1 Å². The van der Waals surface area contributed by atoms with Crippen molar-refractivity contribution in [1.29, 1.82) is 0 Å². The molecule has 3 fully saturated rings. The van der Waals surface area contributed by atoms with Gasteiger partial charge in [0.1, 0.15) is 17.3 Å². The van der Waals surface area contributed by atoms with E-state index in [-0.39, 0.29) is 40.8 Å². The fraction of sp³-hybridized carbons (Fsp3) is 0.417. The van der Waals surface area contributed by atoms with Crippen LogP contribution in [0.5, 0.6) is 0 Å². The lowest BCUT2D eigenvalue weighted by molar-refractivity contribution is -0.156. The minimum Gasteiger partial charge on any atom is -0.469 e. The average Bonchev–Trinajstić information content (AvgIpc) is 3.23. The molecule has 3 aliphatic carbocycles. The Labute approximate surface area is 183 Å². The molecule has 6 nitrogen and oxygen atoms in total. The van der Waals surface area contributed by atoms with Crippen LogP contribution < -0.4 is 0 Å². The molecule has 1 unspecified atom stereocenters. The number of rotatable bonds is 4. The van der Waals surface area contributed by atoms with Gasteiger partial charge in [-0.1, -0.05) is 0 Å². The molecule has 0 saturated heterocycles. The lowest BCUT2D eigenvalue weighted by Crippen LogP contribution is -2.45. The zero-order valence-corrected chi connectivity index (χ0v) is 17.6. The van der Waals surface area contributed by atoms with Crippen molar-refractivity contribution in [3.63, 3.8) is 0 Å². The monoisotopic (exact) mass is 436 g/mol. The van der Waals surface area contributed by atoms with Gasteiger partial charge in [-0.15, -0.1) is 0 Å². The van der Waals surface area contributed by atoms with Crippen LogP contribution in [-0.4, -0.2) is 28.0 Å². The Morgan fingerprint density at radius 2 is 2.00 bits per heavy atom. The maximum absolute atomic E-state index is 15.0. The number of nitrogens with one attached hydrogen (secondary N) is 1. The molecule has 0 radical (unpaired) electrons. The molecule has 3 saturated carbocycles. The topological polar surface area (TPSA) is 72.2 Å². The Kier molecular flexibility index (Phi) is 5.12. The SMILES string of the molecule is [C-]#[N+]c1cc(F)c(CC2C3CCC(CC3)[C@H]2C(=O)OC)nc1-c1c[nH]c2ncc(F)cc12. The lowest BCUT2D eigenvalue weighted by atomic mass is 9.57. The molecule has 3 aromatic heterocycles. The minimum absolute atomic E-state index is 0.0473. The van der Waals surface area contributed by atoms with Gasteiger partial charge in [0, 0.05) is 17.1 Å². The maximum Gasteiger partial charge on any atom is 0.309 e. The fourth-order valence-electron chi connectivity index (χ4n) is 5.71. The van der Waals surface area contributed by atoms with Crippen LogP contribution >= 0.6 is 0 Å². The second-order valence-electron chi connectivity index (χ2n) is 8.74. The lowest BCUT2D eigenvalue weighted by Gasteiger charge is -2.47. The minimum atomic E-state index is -0.561. The number of aromatic amines is 1. The summed E-state index contributed by atoms with van der Waals surface area (Å²) in [6, 6.07) is 2.50. The largest absolute Gasteiger partial charge is 0.469 e. The summed E-state index contributed by atoms with van der Waals surface area (Å²) in [5.41, 5.74) is 1.50. The van der Waals surface area contributed by atoms with E-state index in [0.29, 0.717) is 28.9 Å². The molecule has 6 rings (SSSR count). The summed E-state index contributed by atoms with van der Waals surface area (Å²) in [5.74, 6) is -1.04. The first-order valence-corrected chi connectivity index (χ1v) is 10.8. The maximum atomic E-state index is 15.0. The first-order valence-electron chi connectivity index (χ1n) is 10.8. The van der Waals surface area contributed by atoms with Crippen molar-refractivity contribution in [2.75, 3.05) is 7.11 Å². The van der Waals surface area contributed by atoms with Gasteiger partial charge >= 0.3 is 5.97 Å². The molecule has 3 heterocycles. The number of aromatic nitrogens is 3. The Bertz CT molecular complexity index is 1240. The number of fused-ring (bicyclic) bond motifs is 4. The van der Waals surface area contributed by atoms with Crippen LogP contribution in [0.1, 0.15) is 31.4 Å². The van der Waals surface area contributed by atoms with Gasteiger partial charge in [-0.2, -0.15) is 0 Å². The molecule has 3 aromatic rings. The molecule has 0 aromatic carbocycles. The molecule has 2 atom stereocenters. The highest BCUT2D eigenvalue weighted by Crippen LogP contribution is 2.50. The van der Waals surface area contributed by atoms with Gasteiger partial charge in [-0.05, 0) is 62.0 Å². The predicted molar refractivity (Wildman–Crippen MR) is 114 cm³/mol. The zero-order valence-electron chi connectivity index (χ0n) is 17.6. The highest BCUT2D eigenvalue weighted by Gasteiger charge is 2.47. The Hall–Kier alpha value is -3.34. The van der Waals surface area contributed by atoms with Crippen LogP contribution in [0, 0.1) is 41.9 Å². The fourth-order valence-corrected chi connectivity index (χ4v) is 5.71. The Balaban J connectivity index is 1.57. The number of carbonyl (C=O) groups is 1. The van der Waals surface area contributed by atoms with E-state index in [1.54, 1.807) is 6.20 Å². The summed E-state index contributed by atoms with van der Waals surface area (Å²) in [4.78, 5) is 27.5. The van der Waals surface area contributed by atoms with Crippen LogP contribution in [-0.2, 0) is 16.0 Å². The van der Waals surface area contributed by atoms with Gasteiger partial charge in [0.15, 0.2) is 0 Å². The molecular formula is C24H22F2N4O2. The number of esters is 1. The molecule has 32 heavy (non-hydrogen) atoms. The zero-order chi connectivity index (χ0) is 22.4. The normalized spacial score (nSPS) is 24.4. The van der Waals surface area contributed by atoms with Gasteiger partial charge in [0.25, 0.3) is 0 Å². The Morgan fingerprint density at radius 3 is 2.72 bits per heavy atom. The smallest absolute Gasteiger partial charge is 0.309 e. The van der Waals surface area contributed by atoms with Gasteiger partial charge in [0.05, 0.1) is 37.2 Å². The first-order chi connectivity index (χ1) is 15.5. The second-order valence-corrected chi connectivity index (χ2v) is 8.74. The van der Waals surface area contributed by atoms with E-state index >= 15 is 4.39 Å². The van der Waals surface area contributed by atoms with E-state index in [1.165, 1.54) is 19.2 Å². The molecule has 0 spiro atoms. The van der Waals surface area contributed by atoms with Gasteiger partial charge in [0.2, 0.25) is 5.69 Å². The third-order valence-electron chi connectivity index (χ3n) is 7.20. The van der Waals surface area contributed by atoms with Crippen LogP contribution in [0.3, 0.4) is 0 Å². The van der Waals surface area contributed by atoms with Crippen molar-refractivity contribution in [3.05, 3.63) is 53.3 Å². The molecule has 3 aliphatic rings. The van der Waals surface area contributed by atoms with Gasteiger partial charge in [-0.3, -0.25) is 9.78 Å². The summed E-state index contributed by atoms with van der Waals surface area (Å²) < 4.78 is 33.9. The third-order valence-corrected chi connectivity index (χ3v) is 7.20. The molecule has 0 amide bonds. The number of hydrogen-bond donors (Lipinski definition) is 1. The summed E-state index contributed by atoms with van der Waals surface area (Å²) in [7, 11) is 1.40. The van der Waals surface area contributed by atoms with Crippen molar-refractivity contribution >= 4 is 22.7 Å². The number of methoxy groups -OCH3 is 1.